The highest BCUT2D eigenvalue weighted by molar-refractivity contribution is 7.09. The van der Waals surface area contributed by atoms with Crippen LogP contribution in [0.1, 0.15) is 43.9 Å². The van der Waals surface area contributed by atoms with Gasteiger partial charge in [0.05, 0.1) is 13.2 Å². The number of carbonyl (C=O) groups excluding carboxylic acids is 2. The molecule has 0 bridgehead atoms. The Morgan fingerprint density at radius 1 is 1.26 bits per heavy atom. The predicted molar refractivity (Wildman–Crippen MR) is 75.9 cm³/mol. The van der Waals surface area contributed by atoms with E-state index in [-0.39, 0.29) is 0 Å². The van der Waals surface area contributed by atoms with Crippen molar-refractivity contribution in [3.8, 4) is 0 Å². The van der Waals surface area contributed by atoms with Crippen LogP contribution in [0.4, 0.5) is 0 Å². The average molecular weight is 283 g/mol. The number of thiophene rings is 1. The lowest BCUT2D eigenvalue weighted by Gasteiger charge is -2.05. The molecule has 0 spiro atoms. The van der Waals surface area contributed by atoms with E-state index >= 15 is 0 Å². The summed E-state index contributed by atoms with van der Waals surface area (Å²) in [5.74, 6) is -1.45. The normalized spacial score (nSPS) is 10.2. The maximum absolute atomic E-state index is 11.4. The molecule has 1 amide bonds. The largest absolute Gasteiger partial charge is 0.459 e. The van der Waals surface area contributed by atoms with Gasteiger partial charge in [-0.3, -0.25) is 4.79 Å². The Morgan fingerprint density at radius 3 is 2.74 bits per heavy atom. The van der Waals surface area contributed by atoms with E-state index in [2.05, 4.69) is 12.2 Å². The Hall–Kier alpha value is -1.36. The SMILES string of the molecule is CCCCCCCOC(=O)C(=O)NCc1cccs1. The highest BCUT2D eigenvalue weighted by Crippen LogP contribution is 2.07. The van der Waals surface area contributed by atoms with Crippen LogP contribution in [0.15, 0.2) is 17.5 Å². The number of rotatable bonds is 8. The molecule has 0 atom stereocenters. The Labute approximate surface area is 118 Å². The van der Waals surface area contributed by atoms with Crippen LogP contribution >= 0.6 is 11.3 Å². The molecule has 0 fully saturated rings. The van der Waals surface area contributed by atoms with Gasteiger partial charge in [0.1, 0.15) is 0 Å². The molecule has 1 N–H and O–H groups in total. The maximum atomic E-state index is 11.4. The molecule has 1 heterocycles. The molecule has 19 heavy (non-hydrogen) atoms. The molecule has 0 saturated heterocycles. The number of nitrogens with one attached hydrogen (secondary N) is 1. The van der Waals surface area contributed by atoms with Crippen LogP contribution in [0.5, 0.6) is 0 Å². The van der Waals surface area contributed by atoms with E-state index < -0.39 is 11.9 Å². The highest BCUT2D eigenvalue weighted by atomic mass is 32.1. The number of hydrogen-bond donors (Lipinski definition) is 1. The molecular weight excluding hydrogens is 262 g/mol. The van der Waals surface area contributed by atoms with E-state index in [1.165, 1.54) is 24.2 Å². The molecule has 0 aromatic carbocycles. The van der Waals surface area contributed by atoms with Crippen molar-refractivity contribution >= 4 is 23.2 Å². The quantitative estimate of drug-likeness (QED) is 0.453. The van der Waals surface area contributed by atoms with E-state index in [0.29, 0.717) is 13.2 Å². The molecule has 0 aliphatic heterocycles. The summed E-state index contributed by atoms with van der Waals surface area (Å²) in [7, 11) is 0. The summed E-state index contributed by atoms with van der Waals surface area (Å²) in [6, 6.07) is 3.81. The number of carbonyl (C=O) groups is 2. The summed E-state index contributed by atoms with van der Waals surface area (Å²) in [5.41, 5.74) is 0. The zero-order valence-electron chi connectivity index (χ0n) is 11.3. The molecule has 4 nitrogen and oxygen atoms in total. The van der Waals surface area contributed by atoms with Crippen molar-refractivity contribution in [1.29, 1.82) is 0 Å². The first kappa shape index (κ1) is 15.7. The molecule has 0 aliphatic carbocycles. The van der Waals surface area contributed by atoms with Crippen molar-refractivity contribution in [2.24, 2.45) is 0 Å². The van der Waals surface area contributed by atoms with Crippen LogP contribution in [0.3, 0.4) is 0 Å². The molecule has 1 aromatic rings. The fourth-order valence-corrected chi connectivity index (χ4v) is 2.23. The summed E-state index contributed by atoms with van der Waals surface area (Å²) < 4.78 is 4.91. The molecule has 5 heteroatoms. The van der Waals surface area contributed by atoms with Gasteiger partial charge in [-0.2, -0.15) is 0 Å². The Balaban J connectivity index is 2.06. The number of amides is 1. The van der Waals surface area contributed by atoms with Gasteiger partial charge in [-0.25, -0.2) is 4.79 Å². The smallest absolute Gasteiger partial charge is 0.396 e. The summed E-state index contributed by atoms with van der Waals surface area (Å²) >= 11 is 1.54. The van der Waals surface area contributed by atoms with Crippen molar-refractivity contribution in [3.05, 3.63) is 22.4 Å². The van der Waals surface area contributed by atoms with Gasteiger partial charge in [-0.05, 0) is 17.9 Å². The molecule has 0 radical (unpaired) electrons. The van der Waals surface area contributed by atoms with E-state index in [4.69, 9.17) is 4.74 Å². The summed E-state index contributed by atoms with van der Waals surface area (Å²) in [4.78, 5) is 23.8. The van der Waals surface area contributed by atoms with Gasteiger partial charge in [-0.15, -0.1) is 11.3 Å². The standard InChI is InChI=1S/C14H21NO3S/c1-2-3-4-5-6-9-18-14(17)13(16)15-11-12-8-7-10-19-12/h7-8,10H,2-6,9,11H2,1H3,(H,15,16). The highest BCUT2D eigenvalue weighted by Gasteiger charge is 2.14. The van der Waals surface area contributed by atoms with E-state index in [9.17, 15) is 9.59 Å². The topological polar surface area (TPSA) is 55.4 Å². The molecule has 1 rings (SSSR count). The van der Waals surface area contributed by atoms with Gasteiger partial charge in [0.2, 0.25) is 0 Å². The van der Waals surface area contributed by atoms with E-state index in [1.54, 1.807) is 0 Å². The molecule has 0 unspecified atom stereocenters. The number of esters is 1. The first-order chi connectivity index (χ1) is 9.24. The lowest BCUT2D eigenvalue weighted by atomic mass is 10.2. The summed E-state index contributed by atoms with van der Waals surface area (Å²) in [6.07, 6.45) is 5.40. The van der Waals surface area contributed by atoms with Crippen LogP contribution in [0, 0.1) is 0 Å². The van der Waals surface area contributed by atoms with E-state index in [1.807, 2.05) is 17.5 Å². The number of unbranched alkanes of at least 4 members (excludes halogenated alkanes) is 4. The second kappa shape index (κ2) is 9.55. The van der Waals surface area contributed by atoms with Crippen molar-refractivity contribution in [2.45, 2.75) is 45.6 Å². The third kappa shape index (κ3) is 6.96. The van der Waals surface area contributed by atoms with Crippen LogP contribution in [-0.2, 0) is 20.9 Å². The minimum atomic E-state index is -0.785. The second-order valence-corrected chi connectivity index (χ2v) is 5.34. The van der Waals surface area contributed by atoms with Gasteiger partial charge in [0.15, 0.2) is 0 Å². The Bertz CT molecular complexity index is 376. The third-order valence-corrected chi connectivity index (χ3v) is 3.55. The summed E-state index contributed by atoms with van der Waals surface area (Å²) in [5, 5.41) is 4.47. The fraction of sp³-hybridized carbons (Fsp3) is 0.571. The maximum Gasteiger partial charge on any atom is 0.396 e. The first-order valence-electron chi connectivity index (χ1n) is 6.71. The van der Waals surface area contributed by atoms with Gasteiger partial charge in [-0.1, -0.05) is 38.7 Å². The minimum absolute atomic E-state index is 0.328. The van der Waals surface area contributed by atoms with Crippen molar-refractivity contribution in [1.82, 2.24) is 5.32 Å². The third-order valence-electron chi connectivity index (χ3n) is 2.67. The van der Waals surface area contributed by atoms with E-state index in [0.717, 1.165) is 24.1 Å². The second-order valence-electron chi connectivity index (χ2n) is 4.31. The van der Waals surface area contributed by atoms with Crippen LogP contribution < -0.4 is 5.32 Å². The molecule has 106 valence electrons. The predicted octanol–water partition coefficient (Wildman–Crippen LogP) is 2.88. The Morgan fingerprint density at radius 2 is 2.05 bits per heavy atom. The van der Waals surface area contributed by atoms with Crippen molar-refractivity contribution < 1.29 is 14.3 Å². The van der Waals surface area contributed by atoms with Gasteiger partial charge in [0, 0.05) is 4.88 Å². The molecule has 1 aromatic heterocycles. The lowest BCUT2D eigenvalue weighted by molar-refractivity contribution is -0.155. The summed E-state index contributed by atoms with van der Waals surface area (Å²) in [6.45, 7) is 2.86. The van der Waals surface area contributed by atoms with Crippen molar-refractivity contribution in [2.75, 3.05) is 6.61 Å². The number of hydrogen-bond acceptors (Lipinski definition) is 4. The van der Waals surface area contributed by atoms with Crippen molar-refractivity contribution in [3.63, 3.8) is 0 Å². The monoisotopic (exact) mass is 283 g/mol. The van der Waals surface area contributed by atoms with Crippen LogP contribution in [0.25, 0.3) is 0 Å². The average Bonchev–Trinajstić information content (AvgIpc) is 2.93. The van der Waals surface area contributed by atoms with Gasteiger partial charge in [0.25, 0.3) is 0 Å². The van der Waals surface area contributed by atoms with Gasteiger partial charge >= 0.3 is 11.9 Å². The molecule has 0 aliphatic rings. The number of ether oxygens (including phenoxy) is 1. The minimum Gasteiger partial charge on any atom is -0.459 e. The fourth-order valence-electron chi connectivity index (χ4n) is 1.59. The van der Waals surface area contributed by atoms with Gasteiger partial charge < -0.3 is 10.1 Å². The lowest BCUT2D eigenvalue weighted by Crippen LogP contribution is -2.32. The van der Waals surface area contributed by atoms with Crippen LogP contribution in [-0.4, -0.2) is 18.5 Å². The van der Waals surface area contributed by atoms with Crippen LogP contribution in [0.2, 0.25) is 0 Å². The molecule has 0 saturated carbocycles. The zero-order chi connectivity index (χ0) is 13.9. The Kier molecular flexibility index (Phi) is 7.89. The first-order valence-corrected chi connectivity index (χ1v) is 7.59. The molecular formula is C14H21NO3S. The zero-order valence-corrected chi connectivity index (χ0v) is 12.1.